The van der Waals surface area contributed by atoms with Gasteiger partial charge in [0.1, 0.15) is 11.6 Å². The van der Waals surface area contributed by atoms with Crippen LogP contribution < -0.4 is 4.74 Å². The molecule has 0 aliphatic rings. The van der Waals surface area contributed by atoms with Gasteiger partial charge in [0.05, 0.1) is 23.3 Å². The molecule has 2 aromatic rings. The summed E-state index contributed by atoms with van der Waals surface area (Å²) in [4.78, 5) is 14.6. The third-order valence-electron chi connectivity index (χ3n) is 3.43. The van der Waals surface area contributed by atoms with Crippen LogP contribution in [0.25, 0.3) is 0 Å². The summed E-state index contributed by atoms with van der Waals surface area (Å²) in [7, 11) is 0. The van der Waals surface area contributed by atoms with Crippen LogP contribution >= 0.6 is 0 Å². The second kappa shape index (κ2) is 6.22. The zero-order valence-corrected chi connectivity index (χ0v) is 12.3. The normalized spacial score (nSPS) is 13.0. The Hall–Kier alpha value is -2.94. The Bertz CT molecular complexity index is 725. The molecule has 1 heterocycles. The summed E-state index contributed by atoms with van der Waals surface area (Å²) in [6, 6.07) is 12.9. The SMILES string of the molecule is CCOc1cc(C(C)(C#N)c2ccccc2)ncc1[N+](=O)[O-]. The quantitative estimate of drug-likeness (QED) is 0.624. The van der Waals surface area contributed by atoms with Crippen LogP contribution in [0.5, 0.6) is 5.75 Å². The highest BCUT2D eigenvalue weighted by atomic mass is 16.6. The lowest BCUT2D eigenvalue weighted by Crippen LogP contribution is -2.23. The Balaban J connectivity index is 2.58. The lowest BCUT2D eigenvalue weighted by Gasteiger charge is -2.22. The molecule has 0 spiro atoms. The minimum Gasteiger partial charge on any atom is -0.487 e. The van der Waals surface area contributed by atoms with E-state index in [0.29, 0.717) is 12.3 Å². The molecule has 6 heteroatoms. The number of nitro groups is 1. The van der Waals surface area contributed by atoms with Gasteiger partial charge < -0.3 is 4.74 Å². The van der Waals surface area contributed by atoms with Crippen LogP contribution in [0.1, 0.15) is 25.1 Å². The minimum absolute atomic E-state index is 0.120. The summed E-state index contributed by atoms with van der Waals surface area (Å²) in [5.74, 6) is 0.120. The third-order valence-corrected chi connectivity index (χ3v) is 3.43. The predicted molar refractivity (Wildman–Crippen MR) is 80.6 cm³/mol. The molecule has 2 rings (SSSR count). The standard InChI is InChI=1S/C16H15N3O3/c1-3-22-14-9-15(18-10-13(14)19(20)21)16(2,11-17)12-7-5-4-6-8-12/h4-10H,3H2,1-2H3. The molecule has 6 nitrogen and oxygen atoms in total. The Morgan fingerprint density at radius 2 is 2.09 bits per heavy atom. The molecule has 0 saturated carbocycles. The minimum atomic E-state index is -1.01. The van der Waals surface area contributed by atoms with Crippen molar-refractivity contribution in [3.8, 4) is 11.8 Å². The zero-order valence-electron chi connectivity index (χ0n) is 12.3. The average molecular weight is 297 g/mol. The van der Waals surface area contributed by atoms with Crippen molar-refractivity contribution >= 4 is 5.69 Å². The van der Waals surface area contributed by atoms with E-state index in [1.807, 2.05) is 30.3 Å². The van der Waals surface area contributed by atoms with E-state index >= 15 is 0 Å². The first-order chi connectivity index (χ1) is 10.5. The Morgan fingerprint density at radius 1 is 1.41 bits per heavy atom. The second-order valence-corrected chi connectivity index (χ2v) is 4.83. The summed E-state index contributed by atoms with van der Waals surface area (Å²) in [6.07, 6.45) is 1.14. The van der Waals surface area contributed by atoms with Gasteiger partial charge >= 0.3 is 5.69 Å². The van der Waals surface area contributed by atoms with Crippen molar-refractivity contribution in [1.82, 2.24) is 4.98 Å². The first-order valence-corrected chi connectivity index (χ1v) is 6.77. The van der Waals surface area contributed by atoms with Gasteiger partial charge in [-0.15, -0.1) is 0 Å². The molecule has 0 aliphatic carbocycles. The van der Waals surface area contributed by atoms with Crippen molar-refractivity contribution in [2.75, 3.05) is 6.61 Å². The molecule has 0 bridgehead atoms. The van der Waals surface area contributed by atoms with Crippen LogP contribution in [-0.2, 0) is 5.41 Å². The Morgan fingerprint density at radius 3 is 2.64 bits per heavy atom. The number of rotatable bonds is 5. The van der Waals surface area contributed by atoms with E-state index in [2.05, 4.69) is 11.1 Å². The van der Waals surface area contributed by atoms with Gasteiger partial charge in [-0.1, -0.05) is 30.3 Å². The number of aromatic nitrogens is 1. The van der Waals surface area contributed by atoms with E-state index < -0.39 is 10.3 Å². The van der Waals surface area contributed by atoms with Crippen LogP contribution in [-0.4, -0.2) is 16.5 Å². The number of pyridine rings is 1. The molecule has 1 aromatic carbocycles. The van der Waals surface area contributed by atoms with Gasteiger partial charge in [0.2, 0.25) is 5.75 Å². The molecular weight excluding hydrogens is 282 g/mol. The van der Waals surface area contributed by atoms with Gasteiger partial charge in [0, 0.05) is 6.07 Å². The molecule has 0 saturated heterocycles. The largest absolute Gasteiger partial charge is 0.487 e. The van der Waals surface area contributed by atoms with Crippen molar-refractivity contribution < 1.29 is 9.66 Å². The summed E-state index contributed by atoms with van der Waals surface area (Å²) < 4.78 is 5.32. The van der Waals surface area contributed by atoms with Crippen molar-refractivity contribution in [1.29, 1.82) is 5.26 Å². The van der Waals surface area contributed by atoms with Gasteiger partial charge in [-0.05, 0) is 19.4 Å². The third kappa shape index (κ3) is 2.74. The molecule has 1 aromatic heterocycles. The number of benzene rings is 1. The summed E-state index contributed by atoms with van der Waals surface area (Å²) in [5, 5.41) is 20.6. The molecule has 0 fully saturated rings. The monoisotopic (exact) mass is 297 g/mol. The lowest BCUT2D eigenvalue weighted by molar-refractivity contribution is -0.386. The lowest BCUT2D eigenvalue weighted by atomic mass is 9.80. The fourth-order valence-corrected chi connectivity index (χ4v) is 2.15. The molecule has 0 aliphatic heterocycles. The van der Waals surface area contributed by atoms with Gasteiger partial charge in [-0.3, -0.25) is 15.1 Å². The maximum atomic E-state index is 11.0. The Labute approximate surface area is 128 Å². The smallest absolute Gasteiger partial charge is 0.329 e. The molecule has 0 radical (unpaired) electrons. The average Bonchev–Trinajstić information content (AvgIpc) is 2.55. The highest BCUT2D eigenvalue weighted by molar-refractivity contribution is 5.50. The van der Waals surface area contributed by atoms with E-state index in [0.717, 1.165) is 11.8 Å². The number of hydrogen-bond donors (Lipinski definition) is 0. The maximum Gasteiger partial charge on any atom is 0.329 e. The number of hydrogen-bond acceptors (Lipinski definition) is 5. The molecule has 1 unspecified atom stereocenters. The van der Waals surface area contributed by atoms with Crippen molar-refractivity contribution in [2.45, 2.75) is 19.3 Å². The second-order valence-electron chi connectivity index (χ2n) is 4.83. The number of nitriles is 1. The van der Waals surface area contributed by atoms with E-state index in [1.165, 1.54) is 6.07 Å². The van der Waals surface area contributed by atoms with E-state index in [1.54, 1.807) is 13.8 Å². The highest BCUT2D eigenvalue weighted by Crippen LogP contribution is 2.35. The van der Waals surface area contributed by atoms with Gasteiger partial charge in [0.15, 0.2) is 0 Å². The van der Waals surface area contributed by atoms with Gasteiger partial charge in [0.25, 0.3) is 0 Å². The first kappa shape index (κ1) is 15.4. The molecule has 112 valence electrons. The first-order valence-electron chi connectivity index (χ1n) is 6.77. The fraction of sp³-hybridized carbons (Fsp3) is 0.250. The Kier molecular flexibility index (Phi) is 4.37. The zero-order chi connectivity index (χ0) is 16.2. The van der Waals surface area contributed by atoms with Gasteiger partial charge in [-0.2, -0.15) is 5.26 Å². The predicted octanol–water partition coefficient (Wildman–Crippen LogP) is 3.22. The molecule has 0 amide bonds. The fourth-order valence-electron chi connectivity index (χ4n) is 2.15. The van der Waals surface area contributed by atoms with Crippen LogP contribution in [0.3, 0.4) is 0 Å². The van der Waals surface area contributed by atoms with Gasteiger partial charge in [-0.25, -0.2) is 0 Å². The summed E-state index contributed by atoms with van der Waals surface area (Å²) in [5.41, 5.74) is -0.0436. The number of ether oxygens (including phenoxy) is 1. The van der Waals surface area contributed by atoms with E-state index in [-0.39, 0.29) is 11.4 Å². The number of nitrogens with zero attached hydrogens (tertiary/aromatic N) is 3. The topological polar surface area (TPSA) is 89.0 Å². The van der Waals surface area contributed by atoms with Crippen molar-refractivity contribution in [2.24, 2.45) is 0 Å². The molecule has 22 heavy (non-hydrogen) atoms. The van der Waals surface area contributed by atoms with E-state index in [9.17, 15) is 15.4 Å². The summed E-state index contributed by atoms with van der Waals surface area (Å²) in [6.45, 7) is 3.76. The molecule has 0 N–H and O–H groups in total. The molecular formula is C16H15N3O3. The van der Waals surface area contributed by atoms with E-state index in [4.69, 9.17) is 4.74 Å². The van der Waals surface area contributed by atoms with Crippen LogP contribution in [0.15, 0.2) is 42.6 Å². The van der Waals surface area contributed by atoms with Crippen LogP contribution in [0, 0.1) is 21.4 Å². The highest BCUT2D eigenvalue weighted by Gasteiger charge is 2.32. The summed E-state index contributed by atoms with van der Waals surface area (Å²) >= 11 is 0. The van der Waals surface area contributed by atoms with Crippen molar-refractivity contribution in [3.05, 3.63) is 64.0 Å². The van der Waals surface area contributed by atoms with Crippen molar-refractivity contribution in [3.63, 3.8) is 0 Å². The van der Waals surface area contributed by atoms with Crippen LogP contribution in [0.2, 0.25) is 0 Å². The maximum absolute atomic E-state index is 11.0. The molecule has 1 atom stereocenters. The van der Waals surface area contributed by atoms with Crippen LogP contribution in [0.4, 0.5) is 5.69 Å².